The zero-order chi connectivity index (χ0) is 28.4. The fourth-order valence-electron chi connectivity index (χ4n) is 6.54. The van der Waals surface area contributed by atoms with Gasteiger partial charge in [-0.05, 0) is 73.4 Å². The molecule has 1 aromatic heterocycles. The maximum atomic E-state index is 12.2. The van der Waals surface area contributed by atoms with Crippen molar-refractivity contribution in [2.45, 2.75) is 38.6 Å². The zero-order valence-corrected chi connectivity index (χ0v) is 24.5. The van der Waals surface area contributed by atoms with E-state index >= 15 is 0 Å². The lowest BCUT2D eigenvalue weighted by atomic mass is 9.79. The van der Waals surface area contributed by atoms with E-state index in [1.165, 1.54) is 6.92 Å². The summed E-state index contributed by atoms with van der Waals surface area (Å²) >= 11 is 0. The van der Waals surface area contributed by atoms with Gasteiger partial charge in [0.25, 0.3) is 0 Å². The Balaban J connectivity index is 1.38. The van der Waals surface area contributed by atoms with Crippen LogP contribution in [0.4, 0.5) is 17.1 Å². The predicted molar refractivity (Wildman–Crippen MR) is 163 cm³/mol. The van der Waals surface area contributed by atoms with E-state index in [9.17, 15) is 13.2 Å². The fraction of sp³-hybridized carbons (Fsp3) is 0.516. The molecule has 9 nitrogen and oxygen atoms in total. The number of nitrogens with zero attached hydrogens (tertiary/aromatic N) is 1. The maximum absolute atomic E-state index is 12.2. The number of rotatable bonds is 7. The van der Waals surface area contributed by atoms with E-state index in [0.717, 1.165) is 91.3 Å². The normalized spacial score (nSPS) is 20.4. The molecule has 3 fully saturated rings. The highest BCUT2D eigenvalue weighted by atomic mass is 32.2. The molecule has 6 rings (SSSR count). The Labute approximate surface area is 241 Å². The number of H-pyrrole nitrogens is 1. The number of aromatic amines is 1. The minimum atomic E-state index is -2.98. The molecule has 220 valence electrons. The van der Waals surface area contributed by atoms with Crippen molar-refractivity contribution in [1.29, 1.82) is 0 Å². The molecule has 2 aromatic carbocycles. The van der Waals surface area contributed by atoms with Crippen molar-refractivity contribution in [1.82, 2.24) is 4.98 Å². The van der Waals surface area contributed by atoms with Gasteiger partial charge in [0, 0.05) is 74.9 Å². The van der Waals surface area contributed by atoms with Gasteiger partial charge in [0.2, 0.25) is 5.91 Å². The number of aromatic nitrogens is 1. The van der Waals surface area contributed by atoms with Crippen LogP contribution in [0.15, 0.2) is 42.5 Å². The lowest BCUT2D eigenvalue weighted by Gasteiger charge is -2.39. The van der Waals surface area contributed by atoms with Crippen molar-refractivity contribution in [2.24, 2.45) is 11.8 Å². The molecule has 3 aliphatic heterocycles. The first-order valence-electron chi connectivity index (χ1n) is 14.8. The van der Waals surface area contributed by atoms with Crippen LogP contribution >= 0.6 is 0 Å². The fourth-order valence-corrected chi connectivity index (χ4v) is 7.74. The Bertz CT molecular complexity index is 1440. The van der Waals surface area contributed by atoms with Crippen LogP contribution in [0.1, 0.15) is 32.6 Å². The highest BCUT2D eigenvalue weighted by molar-refractivity contribution is 7.91. The molecule has 0 saturated carbocycles. The van der Waals surface area contributed by atoms with Crippen LogP contribution in [0.5, 0.6) is 0 Å². The van der Waals surface area contributed by atoms with Crippen LogP contribution in [0.2, 0.25) is 0 Å². The number of amides is 1. The van der Waals surface area contributed by atoms with Crippen LogP contribution in [0.3, 0.4) is 0 Å². The lowest BCUT2D eigenvalue weighted by Crippen LogP contribution is -2.42. The minimum Gasteiger partial charge on any atom is -0.381 e. The Hall–Kier alpha value is -3.08. The molecule has 0 bridgehead atoms. The molecule has 3 aliphatic rings. The van der Waals surface area contributed by atoms with E-state index in [2.05, 4.69) is 38.7 Å². The van der Waals surface area contributed by atoms with Gasteiger partial charge in [0.15, 0.2) is 9.84 Å². The molecular weight excluding hydrogens is 540 g/mol. The number of anilines is 3. The molecule has 0 radical (unpaired) electrons. The predicted octanol–water partition coefficient (Wildman–Crippen LogP) is 4.66. The average Bonchev–Trinajstić information content (AvgIpc) is 3.41. The van der Waals surface area contributed by atoms with Crippen molar-refractivity contribution < 1.29 is 22.7 Å². The summed E-state index contributed by atoms with van der Waals surface area (Å²) in [6.07, 6.45) is 4.16. The first kappa shape index (κ1) is 28.1. The van der Waals surface area contributed by atoms with Gasteiger partial charge >= 0.3 is 0 Å². The summed E-state index contributed by atoms with van der Waals surface area (Å²) in [5.74, 6) is 1.29. The van der Waals surface area contributed by atoms with Gasteiger partial charge in [0.1, 0.15) is 0 Å². The van der Waals surface area contributed by atoms with Crippen LogP contribution in [-0.4, -0.2) is 76.4 Å². The third-order valence-corrected chi connectivity index (χ3v) is 10.4. The Kier molecular flexibility index (Phi) is 8.23. The van der Waals surface area contributed by atoms with Crippen molar-refractivity contribution in [3.63, 3.8) is 0 Å². The Morgan fingerprint density at radius 2 is 1.54 bits per heavy atom. The number of fused-ring (bicyclic) bond motifs is 1. The molecule has 3 aromatic rings. The molecule has 1 amide bonds. The summed E-state index contributed by atoms with van der Waals surface area (Å²) in [4.78, 5) is 17.3. The highest BCUT2D eigenvalue weighted by Gasteiger charge is 2.33. The smallest absolute Gasteiger partial charge is 0.221 e. The third-order valence-electron chi connectivity index (χ3n) is 8.81. The van der Waals surface area contributed by atoms with Gasteiger partial charge in [0.05, 0.1) is 22.7 Å². The summed E-state index contributed by atoms with van der Waals surface area (Å²) < 4.78 is 35.8. The van der Waals surface area contributed by atoms with Crippen LogP contribution in [-0.2, 0) is 24.1 Å². The number of sulfone groups is 1. The molecule has 0 spiro atoms. The van der Waals surface area contributed by atoms with E-state index in [1.54, 1.807) is 0 Å². The molecule has 0 aliphatic carbocycles. The first-order valence-corrected chi connectivity index (χ1v) is 16.6. The molecule has 41 heavy (non-hydrogen) atoms. The van der Waals surface area contributed by atoms with Crippen molar-refractivity contribution in [2.75, 3.05) is 66.6 Å². The van der Waals surface area contributed by atoms with Crippen molar-refractivity contribution in [3.05, 3.63) is 42.5 Å². The largest absolute Gasteiger partial charge is 0.381 e. The molecule has 0 atom stereocenters. The van der Waals surface area contributed by atoms with E-state index < -0.39 is 9.84 Å². The van der Waals surface area contributed by atoms with Gasteiger partial charge in [-0.15, -0.1) is 0 Å². The Morgan fingerprint density at radius 1 is 0.927 bits per heavy atom. The monoisotopic (exact) mass is 580 g/mol. The van der Waals surface area contributed by atoms with Crippen molar-refractivity contribution >= 4 is 43.7 Å². The quantitative estimate of drug-likeness (QED) is 0.373. The summed E-state index contributed by atoms with van der Waals surface area (Å²) in [7, 11) is -2.98. The van der Waals surface area contributed by atoms with Crippen LogP contribution in [0.25, 0.3) is 22.2 Å². The third kappa shape index (κ3) is 6.55. The van der Waals surface area contributed by atoms with Crippen LogP contribution in [0, 0.1) is 11.8 Å². The second kappa shape index (κ2) is 12.0. The minimum absolute atomic E-state index is 0.0965. The lowest BCUT2D eigenvalue weighted by molar-refractivity contribution is -0.114. The van der Waals surface area contributed by atoms with E-state index in [-0.39, 0.29) is 17.4 Å². The van der Waals surface area contributed by atoms with Crippen LogP contribution < -0.4 is 15.5 Å². The second-order valence-electron chi connectivity index (χ2n) is 11.6. The summed E-state index contributed by atoms with van der Waals surface area (Å²) in [5.41, 5.74) is 5.91. The highest BCUT2D eigenvalue weighted by Crippen LogP contribution is 2.38. The van der Waals surface area contributed by atoms with Gasteiger partial charge in [-0.2, -0.15) is 0 Å². The summed E-state index contributed by atoms with van der Waals surface area (Å²) in [6, 6.07) is 14.7. The van der Waals surface area contributed by atoms with Gasteiger partial charge in [-0.25, -0.2) is 8.42 Å². The van der Waals surface area contributed by atoms with E-state index in [1.807, 2.05) is 24.3 Å². The van der Waals surface area contributed by atoms with Crippen molar-refractivity contribution in [3.8, 4) is 11.3 Å². The molecule has 3 saturated heterocycles. The molecule has 0 unspecified atom stereocenters. The van der Waals surface area contributed by atoms with Gasteiger partial charge < -0.3 is 30.0 Å². The number of carbonyl (C=O) groups excluding carboxylic acids is 1. The summed E-state index contributed by atoms with van der Waals surface area (Å²) in [6.45, 7) is 5.69. The second-order valence-corrected chi connectivity index (χ2v) is 13.9. The van der Waals surface area contributed by atoms with Gasteiger partial charge in [-0.3, -0.25) is 4.79 Å². The number of carbonyl (C=O) groups is 1. The van der Waals surface area contributed by atoms with Gasteiger partial charge in [-0.1, -0.05) is 12.1 Å². The molecular formula is C31H40N4O5S. The number of hydrogen-bond acceptors (Lipinski definition) is 7. The molecule has 10 heteroatoms. The topological polar surface area (TPSA) is 113 Å². The zero-order valence-electron chi connectivity index (χ0n) is 23.7. The Morgan fingerprint density at radius 3 is 2.12 bits per heavy atom. The first-order chi connectivity index (χ1) is 19.8. The molecule has 4 heterocycles. The maximum Gasteiger partial charge on any atom is 0.221 e. The van der Waals surface area contributed by atoms with E-state index in [4.69, 9.17) is 9.47 Å². The molecule has 3 N–H and O–H groups in total. The summed E-state index contributed by atoms with van der Waals surface area (Å²) in [5, 5.41) is 7.93. The standard InChI is InChI=1S/C31H40N4O5S/c1-21(36)32-26-4-2-22(3-5-26)28-19-25-18-27(35-10-16-41(37,38)17-11-35)20-29(31(25)33-28)34-30(23-6-12-39-13-7-23)24-8-14-40-15-9-24/h2-5,18-20,23-24,30,33-34H,6-17H2,1H3,(H,32,36). The number of benzene rings is 2. The average molecular weight is 581 g/mol. The number of ether oxygens (including phenoxy) is 2. The SMILES string of the molecule is CC(=O)Nc1ccc(-c2cc3cc(N4CCS(=O)(=O)CC4)cc(NC(C4CCOCC4)C4CCOCC4)c3[nH]2)cc1. The number of hydrogen-bond donors (Lipinski definition) is 3. The number of nitrogens with one attached hydrogen (secondary N) is 3. The van der Waals surface area contributed by atoms with E-state index in [0.29, 0.717) is 31.0 Å².